The molecule has 0 aliphatic carbocycles. The summed E-state index contributed by atoms with van der Waals surface area (Å²) in [5.41, 5.74) is 1.56. The van der Waals surface area contributed by atoms with Crippen molar-refractivity contribution in [2.75, 3.05) is 51.5 Å². The molecule has 1 amide bonds. The van der Waals surface area contributed by atoms with Crippen LogP contribution in [-0.4, -0.2) is 74.3 Å². The van der Waals surface area contributed by atoms with Gasteiger partial charge >= 0.3 is 6.09 Å². The number of carbonyl (C=O) groups excluding carboxylic acids is 1. The zero-order valence-corrected chi connectivity index (χ0v) is 21.2. The molecule has 1 saturated heterocycles. The number of piperazine rings is 1. The molecule has 3 rings (SSSR count). The first-order valence-corrected chi connectivity index (χ1v) is 12.1. The second-order valence-electron chi connectivity index (χ2n) is 9.56. The molecular weight excluding hydrogens is 448 g/mol. The highest BCUT2D eigenvalue weighted by Gasteiger charge is 2.32. The highest BCUT2D eigenvalue weighted by molar-refractivity contribution is 5.69. The van der Waals surface area contributed by atoms with Crippen molar-refractivity contribution >= 4 is 11.8 Å². The molecule has 1 heterocycles. The van der Waals surface area contributed by atoms with Gasteiger partial charge in [-0.25, -0.2) is 4.79 Å². The fourth-order valence-corrected chi connectivity index (χ4v) is 3.85. The van der Waals surface area contributed by atoms with E-state index < -0.39 is 5.60 Å². The lowest BCUT2D eigenvalue weighted by molar-refractivity contribution is 0.0162. The summed E-state index contributed by atoms with van der Waals surface area (Å²) in [4.78, 5) is 16.8. The Labute approximate surface area is 208 Å². The van der Waals surface area contributed by atoms with E-state index in [4.69, 9.17) is 24.1 Å². The molecule has 192 valence electrons. The van der Waals surface area contributed by atoms with E-state index in [9.17, 15) is 4.79 Å². The molecule has 0 bridgehead atoms. The molecule has 35 heavy (non-hydrogen) atoms. The van der Waals surface area contributed by atoms with Gasteiger partial charge in [0.15, 0.2) is 0 Å². The maximum Gasteiger partial charge on any atom is 0.410 e. The molecule has 0 spiro atoms. The minimum Gasteiger partial charge on any atom is -0.497 e. The van der Waals surface area contributed by atoms with Crippen molar-refractivity contribution in [3.8, 4) is 11.5 Å². The highest BCUT2D eigenvalue weighted by Crippen LogP contribution is 2.25. The van der Waals surface area contributed by atoms with Crippen LogP contribution < -0.4 is 14.4 Å². The van der Waals surface area contributed by atoms with Crippen LogP contribution in [0.5, 0.6) is 11.5 Å². The van der Waals surface area contributed by atoms with Crippen LogP contribution in [0.1, 0.15) is 32.8 Å². The zero-order valence-electron chi connectivity index (χ0n) is 21.2. The van der Waals surface area contributed by atoms with E-state index in [0.29, 0.717) is 45.9 Å². The Kier molecular flexibility index (Phi) is 9.63. The molecule has 1 aliphatic heterocycles. The van der Waals surface area contributed by atoms with Crippen LogP contribution in [0, 0.1) is 0 Å². The van der Waals surface area contributed by atoms with Gasteiger partial charge in [0.05, 0.1) is 33.0 Å². The fourth-order valence-electron chi connectivity index (χ4n) is 3.85. The van der Waals surface area contributed by atoms with E-state index in [-0.39, 0.29) is 18.7 Å². The fraction of sp³-hybridized carbons (Fsp3) is 0.519. The molecule has 1 fully saturated rings. The third kappa shape index (κ3) is 8.33. The van der Waals surface area contributed by atoms with E-state index in [2.05, 4.69) is 4.90 Å². The molecule has 1 unspecified atom stereocenters. The monoisotopic (exact) mass is 486 g/mol. The number of ether oxygens (including phenoxy) is 4. The molecule has 1 aliphatic rings. The van der Waals surface area contributed by atoms with Crippen LogP contribution in [0.15, 0.2) is 48.5 Å². The summed E-state index contributed by atoms with van der Waals surface area (Å²) < 4.78 is 22.6. The van der Waals surface area contributed by atoms with Crippen LogP contribution in [0.25, 0.3) is 0 Å². The van der Waals surface area contributed by atoms with Gasteiger partial charge in [0.2, 0.25) is 0 Å². The number of aliphatic hydroxyl groups excluding tert-OH is 1. The van der Waals surface area contributed by atoms with Crippen LogP contribution in [-0.2, 0) is 16.1 Å². The van der Waals surface area contributed by atoms with Gasteiger partial charge in [-0.3, -0.25) is 0 Å². The maximum atomic E-state index is 12.7. The van der Waals surface area contributed by atoms with Gasteiger partial charge in [0.1, 0.15) is 17.1 Å². The number of methoxy groups -OCH3 is 1. The summed E-state index contributed by atoms with van der Waals surface area (Å²) >= 11 is 0. The van der Waals surface area contributed by atoms with E-state index >= 15 is 0 Å². The minimum absolute atomic E-state index is 0.0318. The number of benzene rings is 2. The van der Waals surface area contributed by atoms with Gasteiger partial charge in [-0.05, 0) is 62.7 Å². The molecule has 2 aromatic carbocycles. The standard InChI is InChI=1S/C27H38N2O6/c1-27(2,3)35-26(31)28-14-15-29(22-8-12-25(13-9-22)34-17-5-16-30)23(18-28)20-33-19-21-6-10-24(32-4)11-7-21/h6-13,23,30H,5,14-20H2,1-4H3. The molecular formula is C27H38N2O6. The summed E-state index contributed by atoms with van der Waals surface area (Å²) in [5, 5.41) is 8.94. The molecule has 1 N–H and O–H groups in total. The number of hydrogen-bond acceptors (Lipinski definition) is 7. The second-order valence-corrected chi connectivity index (χ2v) is 9.56. The molecule has 8 heteroatoms. The molecule has 1 atom stereocenters. The minimum atomic E-state index is -0.541. The largest absolute Gasteiger partial charge is 0.497 e. The lowest BCUT2D eigenvalue weighted by Crippen LogP contribution is -2.57. The number of nitrogens with zero attached hydrogens (tertiary/aromatic N) is 2. The Morgan fingerprint density at radius 3 is 2.34 bits per heavy atom. The average Bonchev–Trinajstić information content (AvgIpc) is 2.84. The Bertz CT molecular complexity index is 911. The first-order chi connectivity index (χ1) is 16.8. The quantitative estimate of drug-likeness (QED) is 0.507. The van der Waals surface area contributed by atoms with Crippen molar-refractivity contribution < 1.29 is 28.8 Å². The Balaban J connectivity index is 1.67. The van der Waals surface area contributed by atoms with Gasteiger partial charge in [0.25, 0.3) is 0 Å². The smallest absolute Gasteiger partial charge is 0.410 e. The molecule has 8 nitrogen and oxygen atoms in total. The topological polar surface area (TPSA) is 80.7 Å². The summed E-state index contributed by atoms with van der Waals surface area (Å²) in [6.07, 6.45) is 0.298. The van der Waals surface area contributed by atoms with E-state index in [0.717, 1.165) is 22.7 Å². The Morgan fingerprint density at radius 2 is 1.71 bits per heavy atom. The lowest BCUT2D eigenvalue weighted by Gasteiger charge is -2.42. The number of amides is 1. The summed E-state index contributed by atoms with van der Waals surface area (Å²) in [7, 11) is 1.65. The number of aliphatic hydroxyl groups is 1. The van der Waals surface area contributed by atoms with Crippen LogP contribution in [0.2, 0.25) is 0 Å². The van der Waals surface area contributed by atoms with Gasteiger partial charge in [-0.1, -0.05) is 12.1 Å². The number of anilines is 1. The number of carbonyl (C=O) groups is 1. The first kappa shape index (κ1) is 26.6. The predicted molar refractivity (Wildman–Crippen MR) is 135 cm³/mol. The van der Waals surface area contributed by atoms with Crippen molar-refractivity contribution in [2.45, 2.75) is 45.4 Å². The number of rotatable bonds is 10. The normalized spacial score (nSPS) is 16.2. The van der Waals surface area contributed by atoms with E-state index in [1.165, 1.54) is 0 Å². The van der Waals surface area contributed by atoms with Crippen molar-refractivity contribution in [1.82, 2.24) is 4.90 Å². The Morgan fingerprint density at radius 1 is 1.03 bits per heavy atom. The van der Waals surface area contributed by atoms with Gasteiger partial charge in [-0.15, -0.1) is 0 Å². The van der Waals surface area contributed by atoms with E-state index in [1.807, 2.05) is 69.3 Å². The predicted octanol–water partition coefficient (Wildman–Crippen LogP) is 4.10. The molecule has 0 saturated carbocycles. The van der Waals surface area contributed by atoms with E-state index in [1.54, 1.807) is 12.0 Å². The third-order valence-corrected chi connectivity index (χ3v) is 5.61. The average molecular weight is 487 g/mol. The van der Waals surface area contributed by atoms with Crippen molar-refractivity contribution in [3.05, 3.63) is 54.1 Å². The zero-order chi connectivity index (χ0) is 25.3. The van der Waals surface area contributed by atoms with Gasteiger partial charge < -0.3 is 33.9 Å². The van der Waals surface area contributed by atoms with Crippen molar-refractivity contribution in [3.63, 3.8) is 0 Å². The summed E-state index contributed by atoms with van der Waals surface area (Å²) in [6, 6.07) is 15.7. The first-order valence-electron chi connectivity index (χ1n) is 12.1. The summed E-state index contributed by atoms with van der Waals surface area (Å²) in [5.74, 6) is 1.57. The van der Waals surface area contributed by atoms with Crippen LogP contribution in [0.4, 0.5) is 10.5 Å². The maximum absolute atomic E-state index is 12.7. The SMILES string of the molecule is COc1ccc(COCC2CN(C(=O)OC(C)(C)C)CCN2c2ccc(OCCCO)cc2)cc1. The van der Waals surface area contributed by atoms with Crippen LogP contribution in [0.3, 0.4) is 0 Å². The van der Waals surface area contributed by atoms with Gasteiger partial charge in [-0.2, -0.15) is 0 Å². The highest BCUT2D eigenvalue weighted by atomic mass is 16.6. The molecule has 2 aromatic rings. The Hall–Kier alpha value is -2.97. The van der Waals surface area contributed by atoms with Crippen LogP contribution >= 0.6 is 0 Å². The number of hydrogen-bond donors (Lipinski definition) is 1. The lowest BCUT2D eigenvalue weighted by atomic mass is 10.1. The molecule has 0 aromatic heterocycles. The molecule has 0 radical (unpaired) electrons. The van der Waals surface area contributed by atoms with Crippen molar-refractivity contribution in [1.29, 1.82) is 0 Å². The summed E-state index contributed by atoms with van der Waals surface area (Å²) in [6.45, 7) is 8.89. The van der Waals surface area contributed by atoms with Gasteiger partial charge in [0, 0.05) is 38.3 Å². The second kappa shape index (κ2) is 12.7. The third-order valence-electron chi connectivity index (χ3n) is 5.61. The van der Waals surface area contributed by atoms with Crippen molar-refractivity contribution in [2.24, 2.45) is 0 Å².